The number of nitrogens with zero attached hydrogens (tertiary/aromatic N) is 2. The van der Waals surface area contributed by atoms with Crippen molar-refractivity contribution in [3.8, 4) is 0 Å². The molecule has 0 atom stereocenters. The largest absolute Gasteiger partial charge is 0.336 e. The third-order valence-corrected chi connectivity index (χ3v) is 5.23. The van der Waals surface area contributed by atoms with Crippen molar-refractivity contribution >= 4 is 34.9 Å². The average Bonchev–Trinajstić information content (AvgIpc) is 3.14. The molecule has 0 unspecified atom stereocenters. The van der Waals surface area contributed by atoms with Gasteiger partial charge in [-0.05, 0) is 31.0 Å². The third kappa shape index (κ3) is 4.77. The van der Waals surface area contributed by atoms with Crippen LogP contribution in [-0.4, -0.2) is 22.1 Å². The summed E-state index contributed by atoms with van der Waals surface area (Å²) in [6.45, 7) is 0.656. The Morgan fingerprint density at radius 2 is 1.96 bits per heavy atom. The number of urea groups is 1. The summed E-state index contributed by atoms with van der Waals surface area (Å²) in [5.41, 5.74) is 1.33. The van der Waals surface area contributed by atoms with E-state index in [0.717, 1.165) is 18.5 Å². The first-order chi connectivity index (χ1) is 12.5. The number of rotatable bonds is 5. The molecule has 2 N–H and O–H groups in total. The maximum atomic E-state index is 12.2. The quantitative estimate of drug-likeness (QED) is 0.803. The van der Waals surface area contributed by atoms with Gasteiger partial charge in [0.05, 0.1) is 22.1 Å². The predicted molar refractivity (Wildman–Crippen MR) is 103 cm³/mol. The van der Waals surface area contributed by atoms with E-state index in [2.05, 4.69) is 15.6 Å². The van der Waals surface area contributed by atoms with Crippen molar-refractivity contribution in [3.05, 3.63) is 56.7 Å². The summed E-state index contributed by atoms with van der Waals surface area (Å²) in [6, 6.07) is 6.07. The molecule has 1 aliphatic carbocycles. The number of hydrogen-bond donors (Lipinski definition) is 2. The summed E-state index contributed by atoms with van der Waals surface area (Å²) in [5, 5.41) is 6.14. The van der Waals surface area contributed by atoms with Crippen molar-refractivity contribution in [2.45, 2.75) is 38.1 Å². The molecule has 1 fully saturated rings. The number of carbonyl (C=O) groups is 1. The highest BCUT2D eigenvalue weighted by atomic mass is 35.5. The van der Waals surface area contributed by atoms with Crippen molar-refractivity contribution in [2.75, 3.05) is 11.9 Å². The molecule has 1 aromatic carbocycles. The van der Waals surface area contributed by atoms with Gasteiger partial charge in [0.2, 0.25) is 0 Å². The molecule has 3 rings (SSSR count). The van der Waals surface area contributed by atoms with Gasteiger partial charge in [-0.1, -0.05) is 36.0 Å². The van der Waals surface area contributed by atoms with Gasteiger partial charge in [-0.2, -0.15) is 0 Å². The Labute approximate surface area is 161 Å². The normalized spacial score (nSPS) is 14.4. The zero-order valence-corrected chi connectivity index (χ0v) is 15.7. The number of nitrogens with one attached hydrogen (secondary N) is 2. The fourth-order valence-electron chi connectivity index (χ4n) is 3.09. The molecule has 0 spiro atoms. The van der Waals surface area contributed by atoms with E-state index < -0.39 is 0 Å². The Morgan fingerprint density at radius 1 is 1.19 bits per heavy atom. The number of anilines is 1. The number of carbonyl (C=O) groups excluding carboxylic acids is 1. The Hall–Kier alpha value is -2.05. The van der Waals surface area contributed by atoms with Gasteiger partial charge in [0.25, 0.3) is 5.56 Å². The minimum absolute atomic E-state index is 0.0893. The van der Waals surface area contributed by atoms with E-state index in [1.54, 1.807) is 30.6 Å². The molecule has 8 heteroatoms. The highest BCUT2D eigenvalue weighted by Gasteiger charge is 2.18. The van der Waals surface area contributed by atoms with Crippen LogP contribution >= 0.6 is 23.2 Å². The summed E-state index contributed by atoms with van der Waals surface area (Å²) in [5.74, 6) is 0.410. The van der Waals surface area contributed by atoms with Crippen LogP contribution in [0.15, 0.2) is 35.4 Å². The van der Waals surface area contributed by atoms with Crippen molar-refractivity contribution in [1.82, 2.24) is 14.9 Å². The Kier molecular flexibility index (Phi) is 6.16. The van der Waals surface area contributed by atoms with Gasteiger partial charge in [0, 0.05) is 30.8 Å². The monoisotopic (exact) mass is 394 g/mol. The lowest BCUT2D eigenvalue weighted by molar-refractivity contribution is 0.251. The minimum atomic E-state index is -0.382. The molecule has 2 aromatic rings. The zero-order valence-electron chi connectivity index (χ0n) is 14.2. The maximum absolute atomic E-state index is 12.2. The molecule has 0 bridgehead atoms. The van der Waals surface area contributed by atoms with Crippen molar-refractivity contribution in [3.63, 3.8) is 0 Å². The van der Waals surface area contributed by atoms with Crippen molar-refractivity contribution in [2.24, 2.45) is 0 Å². The second-order valence-corrected chi connectivity index (χ2v) is 7.15. The molecule has 6 nitrogen and oxygen atoms in total. The lowest BCUT2D eigenvalue weighted by Gasteiger charge is -2.11. The highest BCUT2D eigenvalue weighted by molar-refractivity contribution is 6.42. The molecule has 1 saturated carbocycles. The van der Waals surface area contributed by atoms with Crippen LogP contribution in [-0.2, 0) is 6.54 Å². The number of halogens is 2. The molecule has 0 radical (unpaired) electrons. The van der Waals surface area contributed by atoms with Crippen LogP contribution in [0.1, 0.15) is 37.3 Å². The minimum Gasteiger partial charge on any atom is -0.336 e. The summed E-state index contributed by atoms with van der Waals surface area (Å²) in [4.78, 5) is 28.5. The number of aromatic nitrogens is 2. The fourth-order valence-corrected chi connectivity index (χ4v) is 3.39. The SMILES string of the molecule is O=C(NCCn1cnc(C2CCCC2)cc1=O)Nc1ccc(Cl)c(Cl)c1. The molecule has 0 aliphatic heterocycles. The van der Waals surface area contributed by atoms with Gasteiger partial charge in [-0.25, -0.2) is 9.78 Å². The second kappa shape index (κ2) is 8.56. The number of hydrogen-bond acceptors (Lipinski definition) is 3. The number of benzene rings is 1. The molecule has 1 heterocycles. The van der Waals surface area contributed by atoms with E-state index in [9.17, 15) is 9.59 Å². The van der Waals surface area contributed by atoms with E-state index in [0.29, 0.717) is 34.7 Å². The first-order valence-corrected chi connectivity index (χ1v) is 9.35. The topological polar surface area (TPSA) is 76.0 Å². The van der Waals surface area contributed by atoms with Crippen LogP contribution in [0.3, 0.4) is 0 Å². The van der Waals surface area contributed by atoms with E-state index >= 15 is 0 Å². The van der Waals surface area contributed by atoms with Gasteiger partial charge < -0.3 is 10.6 Å². The van der Waals surface area contributed by atoms with Gasteiger partial charge in [-0.15, -0.1) is 0 Å². The Bertz CT molecular complexity index is 847. The average molecular weight is 395 g/mol. The van der Waals surface area contributed by atoms with Crippen LogP contribution in [0.4, 0.5) is 10.5 Å². The van der Waals surface area contributed by atoms with Crippen LogP contribution < -0.4 is 16.2 Å². The second-order valence-electron chi connectivity index (χ2n) is 6.34. The zero-order chi connectivity index (χ0) is 18.5. The summed E-state index contributed by atoms with van der Waals surface area (Å²) in [6.07, 6.45) is 6.18. The van der Waals surface area contributed by atoms with E-state index in [-0.39, 0.29) is 11.6 Å². The van der Waals surface area contributed by atoms with Crippen LogP contribution in [0.5, 0.6) is 0 Å². The standard InChI is InChI=1S/C18H20Cl2N4O2/c19-14-6-5-13(9-15(14)20)23-18(26)21-7-8-24-11-22-16(10-17(24)25)12-3-1-2-4-12/h5-6,9-12H,1-4,7-8H2,(H2,21,23,26). The van der Waals surface area contributed by atoms with Crippen molar-refractivity contribution < 1.29 is 4.79 Å². The van der Waals surface area contributed by atoms with Gasteiger partial charge >= 0.3 is 6.03 Å². The van der Waals surface area contributed by atoms with Crippen molar-refractivity contribution in [1.29, 1.82) is 0 Å². The van der Waals surface area contributed by atoms with E-state index in [4.69, 9.17) is 23.2 Å². The lowest BCUT2D eigenvalue weighted by Crippen LogP contribution is -2.33. The summed E-state index contributed by atoms with van der Waals surface area (Å²) in [7, 11) is 0. The Morgan fingerprint density at radius 3 is 2.65 bits per heavy atom. The molecule has 2 amide bonds. The molecular formula is C18H20Cl2N4O2. The summed E-state index contributed by atoms with van der Waals surface area (Å²) >= 11 is 11.7. The Balaban J connectivity index is 1.50. The predicted octanol–water partition coefficient (Wildman–Crippen LogP) is 4.03. The summed E-state index contributed by atoms with van der Waals surface area (Å²) < 4.78 is 1.50. The first kappa shape index (κ1) is 18.7. The fraction of sp³-hybridized carbons (Fsp3) is 0.389. The lowest BCUT2D eigenvalue weighted by atomic mass is 10.0. The molecule has 138 valence electrons. The first-order valence-electron chi connectivity index (χ1n) is 8.59. The molecular weight excluding hydrogens is 375 g/mol. The van der Waals surface area contributed by atoms with E-state index in [1.807, 2.05) is 0 Å². The molecule has 0 saturated heterocycles. The van der Waals surface area contributed by atoms with Gasteiger partial charge in [0.1, 0.15) is 0 Å². The smallest absolute Gasteiger partial charge is 0.319 e. The van der Waals surface area contributed by atoms with Gasteiger partial charge in [-0.3, -0.25) is 9.36 Å². The third-order valence-electron chi connectivity index (χ3n) is 4.49. The van der Waals surface area contributed by atoms with Crippen LogP contribution in [0, 0.1) is 0 Å². The molecule has 26 heavy (non-hydrogen) atoms. The van der Waals surface area contributed by atoms with E-state index in [1.165, 1.54) is 17.4 Å². The number of amides is 2. The molecule has 1 aliphatic rings. The molecule has 1 aromatic heterocycles. The van der Waals surface area contributed by atoms with Gasteiger partial charge in [0.15, 0.2) is 0 Å². The maximum Gasteiger partial charge on any atom is 0.319 e. The highest BCUT2D eigenvalue weighted by Crippen LogP contribution is 2.32. The van der Waals surface area contributed by atoms with Crippen LogP contribution in [0.25, 0.3) is 0 Å². The van der Waals surface area contributed by atoms with Crippen LogP contribution in [0.2, 0.25) is 10.0 Å².